The number of anilines is 1. The monoisotopic (exact) mass is 444 g/mol. The van der Waals surface area contributed by atoms with E-state index in [2.05, 4.69) is 29.4 Å². The van der Waals surface area contributed by atoms with Crippen LogP contribution in [0.25, 0.3) is 0 Å². The third-order valence-electron chi connectivity index (χ3n) is 4.56. The number of amides is 1. The van der Waals surface area contributed by atoms with Crippen LogP contribution < -0.4 is 10.1 Å². The number of nitrogens with one attached hydrogen (secondary N) is 1. The molecule has 0 fully saturated rings. The fourth-order valence-corrected chi connectivity index (χ4v) is 3.64. The second kappa shape index (κ2) is 10.00. The van der Waals surface area contributed by atoms with Crippen LogP contribution in [0, 0.1) is 6.92 Å². The Morgan fingerprint density at radius 2 is 1.93 bits per heavy atom. The van der Waals surface area contributed by atoms with Gasteiger partial charge in [0.1, 0.15) is 12.4 Å². The Morgan fingerprint density at radius 1 is 1.20 bits per heavy atom. The topological polar surface area (TPSA) is 69.0 Å². The van der Waals surface area contributed by atoms with Gasteiger partial charge in [0.25, 0.3) is 0 Å². The molecular formula is C22H25ClN4O2S. The van der Waals surface area contributed by atoms with Crippen molar-refractivity contribution in [1.29, 1.82) is 0 Å². The van der Waals surface area contributed by atoms with Gasteiger partial charge in [-0.2, -0.15) is 0 Å². The van der Waals surface area contributed by atoms with Crippen LogP contribution in [0.4, 0.5) is 5.69 Å². The Balaban J connectivity index is 1.53. The molecule has 1 aromatic heterocycles. The highest BCUT2D eigenvalue weighted by Crippen LogP contribution is 2.26. The summed E-state index contributed by atoms with van der Waals surface area (Å²) in [5.41, 5.74) is 3.09. The van der Waals surface area contributed by atoms with E-state index in [1.165, 1.54) is 17.3 Å². The standard InChI is InChI=1S/C22H25ClN4O2S/c1-14(2)16-6-8-17(9-7-16)24-21(28)13-30-22-26-25-20(27(22)4)12-29-19-11-15(3)5-10-18(19)23/h5-11,14H,12-13H2,1-4H3,(H,24,28). The first-order valence-electron chi connectivity index (χ1n) is 9.63. The number of aromatic nitrogens is 3. The molecule has 1 amide bonds. The van der Waals surface area contributed by atoms with Gasteiger partial charge in [0.05, 0.1) is 10.8 Å². The molecule has 0 radical (unpaired) electrons. The quantitative estimate of drug-likeness (QED) is 0.483. The second-order valence-electron chi connectivity index (χ2n) is 7.29. The summed E-state index contributed by atoms with van der Waals surface area (Å²) >= 11 is 7.49. The molecule has 0 unspecified atom stereocenters. The molecule has 8 heteroatoms. The molecule has 1 heterocycles. The highest BCUT2D eigenvalue weighted by atomic mass is 35.5. The van der Waals surface area contributed by atoms with E-state index in [0.29, 0.717) is 27.7 Å². The second-order valence-corrected chi connectivity index (χ2v) is 8.64. The number of hydrogen-bond acceptors (Lipinski definition) is 5. The molecule has 3 rings (SSSR count). The molecule has 6 nitrogen and oxygen atoms in total. The van der Waals surface area contributed by atoms with E-state index in [9.17, 15) is 4.79 Å². The van der Waals surface area contributed by atoms with E-state index in [4.69, 9.17) is 16.3 Å². The van der Waals surface area contributed by atoms with Gasteiger partial charge in [-0.15, -0.1) is 10.2 Å². The molecule has 0 aliphatic rings. The van der Waals surface area contributed by atoms with Gasteiger partial charge in [-0.05, 0) is 48.2 Å². The summed E-state index contributed by atoms with van der Waals surface area (Å²) < 4.78 is 7.60. The van der Waals surface area contributed by atoms with Crippen LogP contribution in [0.1, 0.15) is 36.7 Å². The number of ether oxygens (including phenoxy) is 1. The van der Waals surface area contributed by atoms with E-state index in [0.717, 1.165) is 11.3 Å². The van der Waals surface area contributed by atoms with Crippen molar-refractivity contribution in [2.24, 2.45) is 7.05 Å². The molecule has 0 atom stereocenters. The van der Waals surface area contributed by atoms with Gasteiger partial charge in [0.2, 0.25) is 5.91 Å². The van der Waals surface area contributed by atoms with Crippen LogP contribution in [-0.4, -0.2) is 26.4 Å². The Bertz CT molecular complexity index is 1020. The average Bonchev–Trinajstić information content (AvgIpc) is 3.07. The normalized spacial score (nSPS) is 11.0. The van der Waals surface area contributed by atoms with Crippen LogP contribution in [0.5, 0.6) is 5.75 Å². The molecule has 1 N–H and O–H groups in total. The molecule has 0 bridgehead atoms. The Kier molecular flexibility index (Phi) is 7.39. The minimum absolute atomic E-state index is 0.0929. The minimum Gasteiger partial charge on any atom is -0.484 e. The fraction of sp³-hybridized carbons (Fsp3) is 0.318. The third kappa shape index (κ3) is 5.77. The molecule has 0 aliphatic heterocycles. The summed E-state index contributed by atoms with van der Waals surface area (Å²) in [6, 6.07) is 13.5. The lowest BCUT2D eigenvalue weighted by atomic mass is 10.0. The van der Waals surface area contributed by atoms with Gasteiger partial charge in [0.15, 0.2) is 11.0 Å². The zero-order chi connectivity index (χ0) is 21.7. The maximum atomic E-state index is 12.3. The van der Waals surface area contributed by atoms with E-state index in [1.54, 1.807) is 6.07 Å². The SMILES string of the molecule is Cc1ccc(Cl)c(OCc2nnc(SCC(=O)Nc3ccc(C(C)C)cc3)n2C)c1. The zero-order valence-corrected chi connectivity index (χ0v) is 19.0. The van der Waals surface area contributed by atoms with Crippen molar-refractivity contribution in [3.8, 4) is 5.75 Å². The highest BCUT2D eigenvalue weighted by Gasteiger charge is 2.13. The molecule has 30 heavy (non-hydrogen) atoms. The van der Waals surface area contributed by atoms with Crippen LogP contribution in [0.3, 0.4) is 0 Å². The maximum absolute atomic E-state index is 12.3. The predicted molar refractivity (Wildman–Crippen MR) is 121 cm³/mol. The summed E-state index contributed by atoms with van der Waals surface area (Å²) in [5.74, 6) is 1.87. The van der Waals surface area contributed by atoms with Gasteiger partial charge in [0, 0.05) is 12.7 Å². The Morgan fingerprint density at radius 3 is 2.63 bits per heavy atom. The summed E-state index contributed by atoms with van der Waals surface area (Å²) in [7, 11) is 1.85. The summed E-state index contributed by atoms with van der Waals surface area (Å²) in [5, 5.41) is 12.4. The van der Waals surface area contributed by atoms with Crippen LogP contribution in [0.2, 0.25) is 5.02 Å². The number of aryl methyl sites for hydroxylation is 1. The van der Waals surface area contributed by atoms with Gasteiger partial charge in [-0.1, -0.05) is 55.4 Å². The van der Waals surface area contributed by atoms with Crippen molar-refractivity contribution in [3.63, 3.8) is 0 Å². The van der Waals surface area contributed by atoms with Crippen LogP contribution in [-0.2, 0) is 18.4 Å². The third-order valence-corrected chi connectivity index (χ3v) is 5.89. The van der Waals surface area contributed by atoms with Crippen molar-refractivity contribution in [2.45, 2.75) is 38.5 Å². The molecule has 2 aromatic carbocycles. The van der Waals surface area contributed by atoms with Gasteiger partial charge < -0.3 is 14.6 Å². The first-order valence-corrected chi connectivity index (χ1v) is 11.0. The van der Waals surface area contributed by atoms with Gasteiger partial charge in [-0.3, -0.25) is 4.79 Å². The van der Waals surface area contributed by atoms with Gasteiger partial charge >= 0.3 is 0 Å². The van der Waals surface area contributed by atoms with E-state index >= 15 is 0 Å². The largest absolute Gasteiger partial charge is 0.484 e. The van der Waals surface area contributed by atoms with Crippen molar-refractivity contribution in [3.05, 3.63) is 64.4 Å². The number of thioether (sulfide) groups is 1. The van der Waals surface area contributed by atoms with Crippen molar-refractivity contribution in [2.75, 3.05) is 11.1 Å². The summed E-state index contributed by atoms with van der Waals surface area (Å²) in [4.78, 5) is 12.3. The van der Waals surface area contributed by atoms with Crippen molar-refractivity contribution in [1.82, 2.24) is 14.8 Å². The number of carbonyl (C=O) groups is 1. The first-order chi connectivity index (χ1) is 14.3. The summed E-state index contributed by atoms with van der Waals surface area (Å²) in [6.07, 6.45) is 0. The fourth-order valence-electron chi connectivity index (χ4n) is 2.74. The van der Waals surface area contributed by atoms with E-state index in [1.807, 2.05) is 54.9 Å². The lowest BCUT2D eigenvalue weighted by molar-refractivity contribution is -0.113. The van der Waals surface area contributed by atoms with Crippen molar-refractivity contribution >= 4 is 35.0 Å². The number of benzene rings is 2. The Hall–Kier alpha value is -2.51. The van der Waals surface area contributed by atoms with Gasteiger partial charge in [-0.25, -0.2) is 0 Å². The lowest BCUT2D eigenvalue weighted by Gasteiger charge is -2.09. The Labute approximate surface area is 186 Å². The molecule has 0 saturated carbocycles. The smallest absolute Gasteiger partial charge is 0.234 e. The first kappa shape index (κ1) is 22.2. The maximum Gasteiger partial charge on any atom is 0.234 e. The number of halogens is 1. The molecular weight excluding hydrogens is 420 g/mol. The minimum atomic E-state index is -0.0929. The molecule has 0 saturated heterocycles. The summed E-state index contributed by atoms with van der Waals surface area (Å²) in [6.45, 7) is 6.49. The molecule has 3 aromatic rings. The van der Waals surface area contributed by atoms with E-state index in [-0.39, 0.29) is 18.3 Å². The van der Waals surface area contributed by atoms with E-state index < -0.39 is 0 Å². The zero-order valence-electron chi connectivity index (χ0n) is 17.5. The average molecular weight is 445 g/mol. The van der Waals surface area contributed by atoms with Crippen molar-refractivity contribution < 1.29 is 9.53 Å². The molecule has 0 aliphatic carbocycles. The predicted octanol–water partition coefficient (Wildman–Crippen LogP) is 5.21. The van der Waals surface area contributed by atoms with Crippen LogP contribution in [0.15, 0.2) is 47.6 Å². The highest BCUT2D eigenvalue weighted by molar-refractivity contribution is 7.99. The number of carbonyl (C=O) groups excluding carboxylic acids is 1. The molecule has 158 valence electrons. The number of rotatable bonds is 8. The lowest BCUT2D eigenvalue weighted by Crippen LogP contribution is -2.14. The van der Waals surface area contributed by atoms with Crippen LogP contribution >= 0.6 is 23.4 Å². The molecule has 0 spiro atoms. The number of hydrogen-bond donors (Lipinski definition) is 1. The number of nitrogens with zero attached hydrogens (tertiary/aromatic N) is 3.